The Balaban J connectivity index is 1.54. The van der Waals surface area contributed by atoms with E-state index in [-0.39, 0.29) is 16.6 Å². The summed E-state index contributed by atoms with van der Waals surface area (Å²) in [5.41, 5.74) is 1.02. The molecule has 1 atom stereocenters. The third-order valence-corrected chi connectivity index (χ3v) is 6.17. The number of para-hydroxylation sites is 1. The van der Waals surface area contributed by atoms with Gasteiger partial charge < -0.3 is 15.1 Å². The van der Waals surface area contributed by atoms with Crippen LogP contribution in [-0.4, -0.2) is 17.8 Å². The van der Waals surface area contributed by atoms with E-state index < -0.39 is 23.4 Å². The normalized spacial score (nSPS) is 17.2. The van der Waals surface area contributed by atoms with Gasteiger partial charge in [-0.1, -0.05) is 48.5 Å². The Morgan fingerprint density at radius 3 is 2.40 bits per heavy atom. The number of carbonyl (C=O) groups is 3. The Morgan fingerprint density at radius 1 is 0.943 bits per heavy atom. The molecular weight excluding hydrogens is 446 g/mol. The summed E-state index contributed by atoms with van der Waals surface area (Å²) in [6.07, 6.45) is 0. The number of rotatable bonds is 4. The number of benzene rings is 3. The van der Waals surface area contributed by atoms with Crippen molar-refractivity contribution in [3.05, 3.63) is 99.7 Å². The van der Waals surface area contributed by atoms with E-state index in [1.165, 1.54) is 0 Å². The van der Waals surface area contributed by atoms with Crippen LogP contribution in [0.1, 0.15) is 28.4 Å². The Labute approximate surface area is 200 Å². The summed E-state index contributed by atoms with van der Waals surface area (Å²) in [4.78, 5) is 50.3. The summed E-state index contributed by atoms with van der Waals surface area (Å²) in [5.74, 6) is -0.560. The van der Waals surface area contributed by atoms with Gasteiger partial charge in [-0.2, -0.15) is 0 Å². The highest BCUT2D eigenvalue weighted by Crippen LogP contribution is 2.29. The topological polar surface area (TPSA) is 118 Å². The smallest absolute Gasteiger partial charge is 0.322 e. The van der Waals surface area contributed by atoms with Gasteiger partial charge in [-0.25, -0.2) is 4.79 Å². The number of hydrogen-bond acceptors (Lipinski definition) is 5. The molecule has 8 nitrogen and oxygen atoms in total. The van der Waals surface area contributed by atoms with Crippen LogP contribution in [-0.2, 0) is 10.3 Å². The summed E-state index contributed by atoms with van der Waals surface area (Å²) in [7, 11) is 0. The van der Waals surface area contributed by atoms with Crippen LogP contribution in [0.25, 0.3) is 22.3 Å². The molecule has 4 amide bonds. The lowest BCUT2D eigenvalue weighted by Crippen LogP contribution is -2.40. The summed E-state index contributed by atoms with van der Waals surface area (Å²) in [6, 6.07) is 20.1. The van der Waals surface area contributed by atoms with Crippen molar-refractivity contribution in [1.29, 1.82) is 0 Å². The number of hydrogen-bond donors (Lipinski definition) is 3. The maximum absolute atomic E-state index is 13.3. The van der Waals surface area contributed by atoms with E-state index in [9.17, 15) is 19.2 Å². The van der Waals surface area contributed by atoms with Gasteiger partial charge in [0.2, 0.25) is 0 Å². The predicted molar refractivity (Wildman–Crippen MR) is 131 cm³/mol. The molecular formula is C27H21N3O5. The average Bonchev–Trinajstić information content (AvgIpc) is 3.13. The molecule has 35 heavy (non-hydrogen) atoms. The molecule has 3 N–H and O–H groups in total. The van der Waals surface area contributed by atoms with Gasteiger partial charge in [0.15, 0.2) is 11.0 Å². The molecule has 1 saturated heterocycles. The Kier molecular flexibility index (Phi) is 5.21. The number of carbonyl (C=O) groups excluding carboxylic acids is 3. The Bertz CT molecular complexity index is 1580. The fraction of sp³-hybridized carbons (Fsp3) is 0.111. The molecule has 8 heteroatoms. The number of imide groups is 1. The van der Waals surface area contributed by atoms with Crippen molar-refractivity contribution in [3.8, 4) is 11.3 Å². The van der Waals surface area contributed by atoms with Crippen LogP contribution < -0.4 is 21.4 Å². The number of fused-ring (bicyclic) bond motifs is 1. The number of anilines is 1. The first-order valence-electron chi connectivity index (χ1n) is 11.0. The van der Waals surface area contributed by atoms with E-state index in [4.69, 9.17) is 4.42 Å². The minimum absolute atomic E-state index is 0.185. The van der Waals surface area contributed by atoms with Gasteiger partial charge >= 0.3 is 6.03 Å². The third kappa shape index (κ3) is 3.74. The molecule has 1 aliphatic heterocycles. The highest BCUT2D eigenvalue weighted by atomic mass is 16.3. The van der Waals surface area contributed by atoms with Crippen LogP contribution in [0, 0.1) is 6.92 Å². The molecule has 0 spiro atoms. The lowest BCUT2D eigenvalue weighted by molar-refractivity contribution is -0.123. The Hall–Kier alpha value is -4.72. The molecule has 0 bridgehead atoms. The van der Waals surface area contributed by atoms with Crippen LogP contribution in [0.15, 0.2) is 82.0 Å². The zero-order valence-corrected chi connectivity index (χ0v) is 19.0. The van der Waals surface area contributed by atoms with Gasteiger partial charge in [0.1, 0.15) is 11.3 Å². The van der Waals surface area contributed by atoms with E-state index in [1.54, 1.807) is 56.3 Å². The van der Waals surface area contributed by atoms with Crippen molar-refractivity contribution < 1.29 is 18.8 Å². The first-order chi connectivity index (χ1) is 16.8. The van der Waals surface area contributed by atoms with Gasteiger partial charge in [0, 0.05) is 16.8 Å². The number of amides is 4. The van der Waals surface area contributed by atoms with Crippen molar-refractivity contribution in [1.82, 2.24) is 10.6 Å². The molecule has 5 rings (SSSR count). The molecule has 0 aliphatic carbocycles. The largest absolute Gasteiger partial charge is 0.455 e. The fourth-order valence-corrected chi connectivity index (χ4v) is 4.21. The molecule has 1 fully saturated rings. The molecule has 3 aromatic carbocycles. The minimum Gasteiger partial charge on any atom is -0.455 e. The van der Waals surface area contributed by atoms with Gasteiger partial charge in [0.05, 0.1) is 10.9 Å². The monoisotopic (exact) mass is 467 g/mol. The van der Waals surface area contributed by atoms with Crippen molar-refractivity contribution in [2.45, 2.75) is 19.4 Å². The summed E-state index contributed by atoms with van der Waals surface area (Å²) >= 11 is 0. The van der Waals surface area contributed by atoms with E-state index in [2.05, 4.69) is 16.0 Å². The second-order valence-electron chi connectivity index (χ2n) is 8.50. The molecule has 0 saturated carbocycles. The highest BCUT2D eigenvalue weighted by Gasteiger charge is 2.43. The standard InChI is InChI=1S/C27H21N3O5/c1-15-21(31)19-12-7-13-20(23(19)35-22(15)16-8-4-3-5-9-16)24(32)28-18-11-6-10-17(14-18)27(2)25(33)29-26(34)30-27/h3-14H,1-2H3,(H,28,32)(H2,29,30,33,34)/t27-/m1/s1. The first-order valence-corrected chi connectivity index (χ1v) is 11.0. The van der Waals surface area contributed by atoms with Crippen molar-refractivity contribution in [3.63, 3.8) is 0 Å². The van der Waals surface area contributed by atoms with Crippen LogP contribution >= 0.6 is 0 Å². The second kappa shape index (κ2) is 8.25. The number of urea groups is 1. The Morgan fingerprint density at radius 2 is 1.69 bits per heavy atom. The molecule has 0 unspecified atom stereocenters. The van der Waals surface area contributed by atoms with Gasteiger partial charge in [-0.15, -0.1) is 0 Å². The lowest BCUT2D eigenvalue weighted by atomic mass is 9.92. The molecule has 4 aromatic rings. The van der Waals surface area contributed by atoms with Crippen LogP contribution in [0.4, 0.5) is 10.5 Å². The van der Waals surface area contributed by atoms with E-state index in [0.717, 1.165) is 5.56 Å². The molecule has 1 aliphatic rings. The summed E-state index contributed by atoms with van der Waals surface area (Å²) in [5, 5.41) is 7.94. The fourth-order valence-electron chi connectivity index (χ4n) is 4.21. The minimum atomic E-state index is -1.26. The van der Waals surface area contributed by atoms with Crippen LogP contribution in [0.5, 0.6) is 0 Å². The van der Waals surface area contributed by atoms with Crippen molar-refractivity contribution in [2.24, 2.45) is 0 Å². The zero-order chi connectivity index (χ0) is 24.7. The molecule has 2 heterocycles. The molecule has 1 aromatic heterocycles. The van der Waals surface area contributed by atoms with Gasteiger partial charge in [-0.3, -0.25) is 19.7 Å². The van der Waals surface area contributed by atoms with Crippen LogP contribution in [0.2, 0.25) is 0 Å². The van der Waals surface area contributed by atoms with Crippen molar-refractivity contribution in [2.75, 3.05) is 5.32 Å². The quantitative estimate of drug-likeness (QED) is 0.391. The summed E-state index contributed by atoms with van der Waals surface area (Å²) < 4.78 is 6.14. The van der Waals surface area contributed by atoms with Crippen molar-refractivity contribution >= 4 is 34.5 Å². The summed E-state index contributed by atoms with van der Waals surface area (Å²) in [6.45, 7) is 3.28. The second-order valence-corrected chi connectivity index (χ2v) is 8.50. The molecule has 174 valence electrons. The van der Waals surface area contributed by atoms with Crippen LogP contribution in [0.3, 0.4) is 0 Å². The van der Waals surface area contributed by atoms with Gasteiger partial charge in [-0.05, 0) is 43.7 Å². The first kappa shape index (κ1) is 22.1. The maximum atomic E-state index is 13.3. The highest BCUT2D eigenvalue weighted by molar-refractivity contribution is 6.12. The lowest BCUT2D eigenvalue weighted by Gasteiger charge is -2.21. The van der Waals surface area contributed by atoms with Gasteiger partial charge in [0.25, 0.3) is 11.8 Å². The maximum Gasteiger partial charge on any atom is 0.322 e. The van der Waals surface area contributed by atoms with E-state index in [1.807, 2.05) is 30.3 Å². The third-order valence-electron chi connectivity index (χ3n) is 6.17. The average molecular weight is 467 g/mol. The zero-order valence-electron chi connectivity index (χ0n) is 19.0. The van der Waals surface area contributed by atoms with E-state index >= 15 is 0 Å². The van der Waals surface area contributed by atoms with E-state index in [0.29, 0.717) is 28.0 Å². The molecule has 0 radical (unpaired) electrons. The number of nitrogens with one attached hydrogen (secondary N) is 3. The SMILES string of the molecule is Cc1c(-c2ccccc2)oc2c(C(=O)Nc3cccc([C@@]4(C)NC(=O)NC4=O)c3)cccc2c1=O. The predicted octanol–water partition coefficient (Wildman–Crippen LogP) is 4.08.